The van der Waals surface area contributed by atoms with Gasteiger partial charge < -0.3 is 10.1 Å². The molecule has 4 rings (SSSR count). The minimum atomic E-state index is -0.556. The van der Waals surface area contributed by atoms with Gasteiger partial charge >= 0.3 is 0 Å². The Hall–Kier alpha value is -2.61. The van der Waals surface area contributed by atoms with E-state index in [4.69, 9.17) is 4.74 Å². The molecule has 0 spiro atoms. The van der Waals surface area contributed by atoms with E-state index < -0.39 is 5.82 Å². The van der Waals surface area contributed by atoms with Gasteiger partial charge in [0.25, 0.3) is 5.88 Å². The Kier molecular flexibility index (Phi) is 5.21. The lowest BCUT2D eigenvalue weighted by Crippen LogP contribution is -2.10. The van der Waals surface area contributed by atoms with E-state index in [-0.39, 0.29) is 11.7 Å². The van der Waals surface area contributed by atoms with Gasteiger partial charge in [-0.15, -0.1) is 11.3 Å². The molecular formula is C20H22FN5OS. The van der Waals surface area contributed by atoms with Crippen LogP contribution in [0.5, 0.6) is 5.88 Å². The van der Waals surface area contributed by atoms with Gasteiger partial charge in [-0.05, 0) is 39.3 Å². The van der Waals surface area contributed by atoms with E-state index in [1.54, 1.807) is 24.5 Å². The number of halogens is 1. The second kappa shape index (κ2) is 7.79. The van der Waals surface area contributed by atoms with Crippen LogP contribution >= 0.6 is 11.3 Å². The molecule has 2 unspecified atom stereocenters. The molecule has 0 aromatic carbocycles. The molecule has 1 saturated carbocycles. The third kappa shape index (κ3) is 4.11. The Morgan fingerprint density at radius 2 is 2.07 bits per heavy atom. The molecule has 146 valence electrons. The molecule has 3 aromatic rings. The van der Waals surface area contributed by atoms with E-state index in [1.165, 1.54) is 0 Å². The largest absolute Gasteiger partial charge is 0.475 e. The fourth-order valence-corrected chi connectivity index (χ4v) is 4.10. The van der Waals surface area contributed by atoms with E-state index in [1.807, 2.05) is 32.0 Å². The zero-order valence-electron chi connectivity index (χ0n) is 16.1. The summed E-state index contributed by atoms with van der Waals surface area (Å²) >= 11 is 1.59. The topological polar surface area (TPSA) is 72.8 Å². The third-order valence-electron chi connectivity index (χ3n) is 4.77. The highest BCUT2D eigenvalue weighted by atomic mass is 32.1. The predicted molar refractivity (Wildman–Crippen MR) is 106 cm³/mol. The van der Waals surface area contributed by atoms with E-state index in [9.17, 15) is 4.39 Å². The molecule has 1 aliphatic rings. The van der Waals surface area contributed by atoms with E-state index in [2.05, 4.69) is 25.3 Å². The van der Waals surface area contributed by atoms with Crippen molar-refractivity contribution in [3.63, 3.8) is 0 Å². The molecule has 1 aliphatic carbocycles. The standard InChI is InChI=1S/C20H22FN5OS/c1-11-17(28-13(3)24-11)9-23-19-18(21)20(26-12(2)25-19)27-10-14-8-15(14)16-6-4-5-7-22-16/h4-7,14-15H,8-10H2,1-3H3,(H,23,25,26). The molecule has 0 radical (unpaired) electrons. The fraction of sp³-hybridized carbons (Fsp3) is 0.400. The van der Waals surface area contributed by atoms with Crippen LogP contribution < -0.4 is 10.1 Å². The van der Waals surface area contributed by atoms with Crippen LogP contribution in [0.1, 0.15) is 39.4 Å². The first-order chi connectivity index (χ1) is 13.5. The quantitative estimate of drug-likeness (QED) is 0.642. The van der Waals surface area contributed by atoms with Crippen molar-refractivity contribution in [2.75, 3.05) is 11.9 Å². The maximum absolute atomic E-state index is 14.8. The minimum Gasteiger partial charge on any atom is -0.475 e. The molecule has 3 heterocycles. The zero-order valence-corrected chi connectivity index (χ0v) is 16.9. The molecule has 3 aromatic heterocycles. The monoisotopic (exact) mass is 399 g/mol. The summed E-state index contributed by atoms with van der Waals surface area (Å²) < 4.78 is 20.5. The van der Waals surface area contributed by atoms with E-state index >= 15 is 0 Å². The Morgan fingerprint density at radius 1 is 1.21 bits per heavy atom. The van der Waals surface area contributed by atoms with Crippen molar-refractivity contribution in [1.29, 1.82) is 0 Å². The number of nitrogens with one attached hydrogen (secondary N) is 1. The summed E-state index contributed by atoms with van der Waals surface area (Å²) in [6.07, 6.45) is 2.79. The van der Waals surface area contributed by atoms with Crippen molar-refractivity contribution in [1.82, 2.24) is 19.9 Å². The number of pyridine rings is 1. The average Bonchev–Trinajstić information content (AvgIpc) is 3.39. The number of hydrogen-bond acceptors (Lipinski definition) is 7. The molecule has 8 heteroatoms. The lowest BCUT2D eigenvalue weighted by Gasteiger charge is -2.11. The van der Waals surface area contributed by atoms with Gasteiger partial charge in [-0.1, -0.05) is 6.07 Å². The molecule has 0 aliphatic heterocycles. The Labute approximate surface area is 167 Å². The molecule has 0 saturated heterocycles. The van der Waals surface area contributed by atoms with Crippen molar-refractivity contribution in [3.8, 4) is 5.88 Å². The average molecular weight is 399 g/mol. The maximum atomic E-state index is 14.8. The lowest BCUT2D eigenvalue weighted by molar-refractivity contribution is 0.269. The van der Waals surface area contributed by atoms with Gasteiger partial charge in [-0.25, -0.2) is 9.97 Å². The normalized spacial score (nSPS) is 18.1. The summed E-state index contributed by atoms with van der Waals surface area (Å²) in [5.74, 6) is 0.780. The van der Waals surface area contributed by atoms with Crippen molar-refractivity contribution < 1.29 is 9.13 Å². The summed E-state index contributed by atoms with van der Waals surface area (Å²) in [7, 11) is 0. The number of rotatable bonds is 7. The van der Waals surface area contributed by atoms with Crippen LogP contribution in [0.3, 0.4) is 0 Å². The Morgan fingerprint density at radius 3 is 2.79 bits per heavy atom. The highest BCUT2D eigenvalue weighted by Crippen LogP contribution is 2.46. The molecule has 0 bridgehead atoms. The van der Waals surface area contributed by atoms with Gasteiger partial charge in [-0.2, -0.15) is 9.37 Å². The van der Waals surface area contributed by atoms with Crippen LogP contribution in [0.2, 0.25) is 0 Å². The van der Waals surface area contributed by atoms with E-state index in [0.717, 1.165) is 27.7 Å². The Bertz CT molecular complexity index is 978. The first-order valence-corrected chi connectivity index (χ1v) is 10.1. The van der Waals surface area contributed by atoms with Crippen LogP contribution in [0.25, 0.3) is 0 Å². The molecule has 1 fully saturated rings. The summed E-state index contributed by atoms with van der Waals surface area (Å²) in [4.78, 5) is 18.2. The van der Waals surface area contributed by atoms with Gasteiger partial charge in [0.2, 0.25) is 5.82 Å². The zero-order chi connectivity index (χ0) is 19.7. The molecule has 0 amide bonds. The van der Waals surface area contributed by atoms with Crippen LogP contribution in [-0.4, -0.2) is 26.5 Å². The van der Waals surface area contributed by atoms with Crippen LogP contribution in [-0.2, 0) is 6.54 Å². The number of ether oxygens (including phenoxy) is 1. The fourth-order valence-electron chi connectivity index (χ4n) is 3.22. The van der Waals surface area contributed by atoms with Crippen molar-refractivity contribution in [2.24, 2.45) is 5.92 Å². The van der Waals surface area contributed by atoms with Gasteiger partial charge in [0, 0.05) is 28.6 Å². The second-order valence-electron chi connectivity index (χ2n) is 7.00. The van der Waals surface area contributed by atoms with Gasteiger partial charge in [0.15, 0.2) is 5.82 Å². The highest BCUT2D eigenvalue weighted by molar-refractivity contribution is 7.11. The van der Waals surface area contributed by atoms with Crippen molar-refractivity contribution in [2.45, 2.75) is 39.7 Å². The van der Waals surface area contributed by atoms with Crippen molar-refractivity contribution in [3.05, 3.63) is 57.3 Å². The highest BCUT2D eigenvalue weighted by Gasteiger charge is 2.40. The maximum Gasteiger partial charge on any atom is 0.256 e. The summed E-state index contributed by atoms with van der Waals surface area (Å²) in [5.41, 5.74) is 2.01. The van der Waals surface area contributed by atoms with Gasteiger partial charge in [0.1, 0.15) is 5.82 Å². The number of aryl methyl sites for hydroxylation is 3. The van der Waals surface area contributed by atoms with E-state index in [0.29, 0.717) is 30.8 Å². The minimum absolute atomic E-state index is 0.00104. The molecular weight excluding hydrogens is 377 g/mol. The van der Waals surface area contributed by atoms with Gasteiger partial charge in [-0.3, -0.25) is 4.98 Å². The lowest BCUT2D eigenvalue weighted by atomic mass is 10.2. The predicted octanol–water partition coefficient (Wildman–Crippen LogP) is 4.19. The second-order valence-corrected chi connectivity index (χ2v) is 8.29. The molecule has 2 atom stereocenters. The number of anilines is 1. The van der Waals surface area contributed by atoms with Crippen LogP contribution in [0.4, 0.5) is 10.2 Å². The smallest absolute Gasteiger partial charge is 0.256 e. The van der Waals surface area contributed by atoms with Crippen LogP contribution in [0.15, 0.2) is 24.4 Å². The van der Waals surface area contributed by atoms with Crippen LogP contribution in [0, 0.1) is 32.5 Å². The summed E-state index contributed by atoms with van der Waals surface area (Å²) in [5, 5.41) is 4.05. The molecule has 6 nitrogen and oxygen atoms in total. The third-order valence-corrected chi connectivity index (χ3v) is 5.85. The van der Waals surface area contributed by atoms with Crippen molar-refractivity contribution >= 4 is 17.2 Å². The first-order valence-electron chi connectivity index (χ1n) is 9.26. The summed E-state index contributed by atoms with van der Waals surface area (Å²) in [6.45, 7) is 6.52. The summed E-state index contributed by atoms with van der Waals surface area (Å²) in [6, 6.07) is 5.90. The number of thiazole rings is 1. The first kappa shape index (κ1) is 18.7. The molecule has 28 heavy (non-hydrogen) atoms. The Balaban J connectivity index is 1.40. The number of nitrogens with zero attached hydrogens (tertiary/aromatic N) is 4. The SMILES string of the molecule is Cc1nc(NCc2sc(C)nc2C)c(F)c(OCC2CC2c2ccccn2)n1. The van der Waals surface area contributed by atoms with Gasteiger partial charge in [0.05, 0.1) is 23.9 Å². The number of aromatic nitrogens is 4. The molecule has 1 N–H and O–H groups in total. The number of hydrogen-bond donors (Lipinski definition) is 1.